The van der Waals surface area contributed by atoms with Gasteiger partial charge in [0.05, 0.1) is 11.1 Å². The van der Waals surface area contributed by atoms with Gasteiger partial charge in [-0.3, -0.25) is 9.59 Å². The molecule has 1 fully saturated rings. The van der Waals surface area contributed by atoms with Crippen LogP contribution in [0.3, 0.4) is 0 Å². The Labute approximate surface area is 128 Å². The summed E-state index contributed by atoms with van der Waals surface area (Å²) >= 11 is 0. The third-order valence-corrected chi connectivity index (χ3v) is 4.43. The van der Waals surface area contributed by atoms with Gasteiger partial charge in [0.1, 0.15) is 0 Å². The molecule has 0 bridgehead atoms. The Kier molecular flexibility index (Phi) is 3.71. The van der Waals surface area contributed by atoms with E-state index in [1.165, 1.54) is 11.6 Å². The standard InChI is InChI=1S/C17H19N3O2/c1-2-15(21)20-11-4-3-10(9-11)12-5-6-14(17(18)22)16-13(12)7-8-19-16/h2,5-8,10-11,19H,1,3-4,9H2,(H2,18,22)(H,20,21)/t10-,11?/m0/s1. The van der Waals surface area contributed by atoms with Crippen molar-refractivity contribution in [3.8, 4) is 0 Å². The molecule has 5 nitrogen and oxygen atoms in total. The summed E-state index contributed by atoms with van der Waals surface area (Å²) in [4.78, 5) is 26.0. The van der Waals surface area contributed by atoms with Crippen molar-refractivity contribution in [2.45, 2.75) is 31.2 Å². The van der Waals surface area contributed by atoms with E-state index in [1.807, 2.05) is 18.3 Å². The molecular weight excluding hydrogens is 278 g/mol. The Balaban J connectivity index is 1.87. The number of benzene rings is 1. The van der Waals surface area contributed by atoms with E-state index in [0.29, 0.717) is 11.5 Å². The highest BCUT2D eigenvalue weighted by Gasteiger charge is 2.28. The molecule has 2 aromatic rings. The van der Waals surface area contributed by atoms with E-state index >= 15 is 0 Å². The lowest BCUT2D eigenvalue weighted by Gasteiger charge is -2.14. The van der Waals surface area contributed by atoms with Crippen LogP contribution in [0.5, 0.6) is 0 Å². The molecular formula is C17H19N3O2. The fourth-order valence-corrected chi connectivity index (χ4v) is 3.40. The summed E-state index contributed by atoms with van der Waals surface area (Å²) in [6.45, 7) is 3.48. The van der Waals surface area contributed by atoms with Gasteiger partial charge in [-0.05, 0) is 49.0 Å². The number of nitrogens with two attached hydrogens (primary N) is 1. The second-order valence-electron chi connectivity index (χ2n) is 5.75. The lowest BCUT2D eigenvalue weighted by molar-refractivity contribution is -0.117. The van der Waals surface area contributed by atoms with Crippen molar-refractivity contribution in [1.29, 1.82) is 0 Å². The van der Waals surface area contributed by atoms with Crippen LogP contribution in [-0.2, 0) is 4.79 Å². The number of amides is 2. The minimum atomic E-state index is -0.429. The lowest BCUT2D eigenvalue weighted by Crippen LogP contribution is -2.31. The van der Waals surface area contributed by atoms with Crippen molar-refractivity contribution < 1.29 is 9.59 Å². The Hall–Kier alpha value is -2.56. The smallest absolute Gasteiger partial charge is 0.250 e. The molecule has 0 spiro atoms. The molecule has 2 amide bonds. The molecule has 1 aliphatic carbocycles. The van der Waals surface area contributed by atoms with E-state index in [4.69, 9.17) is 5.73 Å². The van der Waals surface area contributed by atoms with Gasteiger partial charge in [-0.2, -0.15) is 0 Å². The van der Waals surface area contributed by atoms with Crippen LogP contribution >= 0.6 is 0 Å². The molecule has 4 N–H and O–H groups in total. The Morgan fingerprint density at radius 2 is 2.14 bits per heavy atom. The van der Waals surface area contributed by atoms with E-state index < -0.39 is 5.91 Å². The fraction of sp³-hybridized carbons (Fsp3) is 0.294. The molecule has 2 atom stereocenters. The molecule has 1 unspecified atom stereocenters. The van der Waals surface area contributed by atoms with E-state index in [0.717, 1.165) is 30.2 Å². The third-order valence-electron chi connectivity index (χ3n) is 4.43. The van der Waals surface area contributed by atoms with Crippen molar-refractivity contribution in [1.82, 2.24) is 10.3 Å². The van der Waals surface area contributed by atoms with Crippen LogP contribution in [0.15, 0.2) is 37.1 Å². The van der Waals surface area contributed by atoms with Gasteiger partial charge in [-0.25, -0.2) is 0 Å². The van der Waals surface area contributed by atoms with Gasteiger partial charge in [-0.15, -0.1) is 0 Å². The summed E-state index contributed by atoms with van der Waals surface area (Å²) in [5.74, 6) is -0.182. The number of hydrogen-bond acceptors (Lipinski definition) is 2. The number of fused-ring (bicyclic) bond motifs is 1. The zero-order valence-corrected chi connectivity index (χ0v) is 12.3. The zero-order valence-electron chi connectivity index (χ0n) is 12.3. The van der Waals surface area contributed by atoms with Crippen molar-refractivity contribution >= 4 is 22.7 Å². The number of aromatic amines is 1. The van der Waals surface area contributed by atoms with Crippen molar-refractivity contribution in [3.63, 3.8) is 0 Å². The van der Waals surface area contributed by atoms with Crippen LogP contribution in [0.4, 0.5) is 0 Å². The number of hydrogen-bond donors (Lipinski definition) is 3. The fourth-order valence-electron chi connectivity index (χ4n) is 3.40. The summed E-state index contributed by atoms with van der Waals surface area (Å²) in [5.41, 5.74) is 7.93. The van der Waals surface area contributed by atoms with Crippen LogP contribution in [0.1, 0.15) is 41.1 Å². The second kappa shape index (κ2) is 5.67. The highest BCUT2D eigenvalue weighted by Crippen LogP contribution is 2.38. The van der Waals surface area contributed by atoms with Crippen LogP contribution in [0.2, 0.25) is 0 Å². The summed E-state index contributed by atoms with van der Waals surface area (Å²) in [6.07, 6.45) is 5.99. The molecule has 3 rings (SSSR count). The summed E-state index contributed by atoms with van der Waals surface area (Å²) in [6, 6.07) is 5.93. The van der Waals surface area contributed by atoms with Crippen molar-refractivity contribution in [2.75, 3.05) is 0 Å². The monoisotopic (exact) mass is 297 g/mol. The lowest BCUT2D eigenvalue weighted by atomic mass is 9.92. The highest BCUT2D eigenvalue weighted by molar-refractivity contribution is 6.05. The summed E-state index contributed by atoms with van der Waals surface area (Å²) in [7, 11) is 0. The van der Waals surface area contributed by atoms with E-state index in [9.17, 15) is 9.59 Å². The van der Waals surface area contributed by atoms with Gasteiger partial charge in [0, 0.05) is 17.6 Å². The van der Waals surface area contributed by atoms with Crippen LogP contribution < -0.4 is 11.1 Å². The first kappa shape index (κ1) is 14.4. The predicted octanol–water partition coefficient (Wildman–Crippen LogP) is 2.21. The Morgan fingerprint density at radius 3 is 2.86 bits per heavy atom. The quantitative estimate of drug-likeness (QED) is 0.755. The number of carbonyl (C=O) groups excluding carboxylic acids is 2. The Morgan fingerprint density at radius 1 is 1.32 bits per heavy atom. The first-order valence-corrected chi connectivity index (χ1v) is 7.43. The van der Waals surface area contributed by atoms with E-state index in [-0.39, 0.29) is 11.9 Å². The average molecular weight is 297 g/mol. The van der Waals surface area contributed by atoms with Gasteiger partial charge >= 0.3 is 0 Å². The maximum absolute atomic E-state index is 11.5. The number of H-pyrrole nitrogens is 1. The maximum Gasteiger partial charge on any atom is 0.250 e. The van der Waals surface area contributed by atoms with Crippen LogP contribution in [0, 0.1) is 0 Å². The molecule has 1 aromatic heterocycles. The van der Waals surface area contributed by atoms with Crippen LogP contribution in [0.25, 0.3) is 10.9 Å². The first-order chi connectivity index (χ1) is 10.6. The highest BCUT2D eigenvalue weighted by atomic mass is 16.1. The largest absolute Gasteiger partial charge is 0.366 e. The van der Waals surface area contributed by atoms with Crippen LogP contribution in [-0.4, -0.2) is 22.8 Å². The SMILES string of the molecule is C=CC(=O)NC1CC[C@H](c2ccc(C(N)=O)c3[nH]ccc23)C1. The molecule has 0 aliphatic heterocycles. The van der Waals surface area contributed by atoms with E-state index in [2.05, 4.69) is 16.9 Å². The predicted molar refractivity (Wildman–Crippen MR) is 85.5 cm³/mol. The van der Waals surface area contributed by atoms with Gasteiger partial charge in [0.25, 0.3) is 5.91 Å². The molecule has 1 saturated carbocycles. The third kappa shape index (κ3) is 2.50. The number of carbonyl (C=O) groups is 2. The number of primary amides is 1. The van der Waals surface area contributed by atoms with Crippen molar-refractivity contribution in [2.24, 2.45) is 5.73 Å². The topological polar surface area (TPSA) is 88.0 Å². The summed E-state index contributed by atoms with van der Waals surface area (Å²) < 4.78 is 0. The van der Waals surface area contributed by atoms with Crippen molar-refractivity contribution in [3.05, 3.63) is 48.2 Å². The molecule has 1 aliphatic rings. The molecule has 114 valence electrons. The minimum Gasteiger partial charge on any atom is -0.366 e. The second-order valence-corrected chi connectivity index (χ2v) is 5.75. The number of nitrogens with one attached hydrogen (secondary N) is 2. The average Bonchev–Trinajstić information content (AvgIpc) is 3.14. The number of rotatable bonds is 4. The van der Waals surface area contributed by atoms with Gasteiger partial charge in [-0.1, -0.05) is 12.6 Å². The zero-order chi connectivity index (χ0) is 15.7. The molecule has 1 aromatic carbocycles. The number of aromatic nitrogens is 1. The first-order valence-electron chi connectivity index (χ1n) is 7.43. The van der Waals surface area contributed by atoms with E-state index in [1.54, 1.807) is 6.07 Å². The van der Waals surface area contributed by atoms with Gasteiger partial charge in [0.15, 0.2) is 0 Å². The maximum atomic E-state index is 11.5. The molecule has 1 heterocycles. The Bertz CT molecular complexity index is 747. The van der Waals surface area contributed by atoms with Gasteiger partial charge < -0.3 is 16.0 Å². The normalized spacial score (nSPS) is 20.9. The van der Waals surface area contributed by atoms with Gasteiger partial charge in [0.2, 0.25) is 5.91 Å². The molecule has 0 radical (unpaired) electrons. The summed E-state index contributed by atoms with van der Waals surface area (Å²) in [5, 5.41) is 4.00. The molecule has 22 heavy (non-hydrogen) atoms. The molecule has 5 heteroatoms. The molecule has 0 saturated heterocycles. The minimum absolute atomic E-state index is 0.124.